The fraction of sp³-hybridized carbons (Fsp3) is 0.429. The highest BCUT2D eigenvalue weighted by Gasteiger charge is 2.60. The Morgan fingerprint density at radius 3 is 2.64 bits per heavy atom. The lowest BCUT2D eigenvalue weighted by atomic mass is 9.79. The summed E-state index contributed by atoms with van der Waals surface area (Å²) < 4.78 is 47.9. The average molecular weight is 424 g/mol. The van der Waals surface area contributed by atoms with Crippen LogP contribution in [0.1, 0.15) is 30.9 Å². The molecule has 2 atom stereocenters. The Morgan fingerprint density at radius 1 is 1.25 bits per heavy atom. The maximum Gasteiger partial charge on any atom is 0.190 e. The number of hydrogen-bond donors (Lipinski definition) is 0. The van der Waals surface area contributed by atoms with E-state index in [2.05, 4.69) is 4.90 Å². The van der Waals surface area contributed by atoms with E-state index in [1.807, 2.05) is 13.8 Å². The largest absolute Gasteiger partial charge is 0.491 e. The zero-order chi connectivity index (χ0) is 20.1. The van der Waals surface area contributed by atoms with Crippen LogP contribution in [-0.2, 0) is 14.6 Å². The highest BCUT2D eigenvalue weighted by atomic mass is 35.5. The van der Waals surface area contributed by atoms with Crippen LogP contribution in [0.5, 0.6) is 5.75 Å². The zero-order valence-electron chi connectivity index (χ0n) is 15.9. The molecule has 2 aromatic rings. The number of aryl methyl sites for hydroxylation is 1. The molecule has 2 heterocycles. The molecule has 0 amide bonds. The number of piperidine rings is 1. The van der Waals surface area contributed by atoms with E-state index in [4.69, 9.17) is 16.3 Å². The molecule has 4 nitrogen and oxygen atoms in total. The Labute approximate surface area is 170 Å². The van der Waals surface area contributed by atoms with Crippen molar-refractivity contribution in [3.8, 4) is 5.75 Å². The first-order valence-corrected chi connectivity index (χ1v) is 11.4. The number of benzene rings is 2. The van der Waals surface area contributed by atoms with E-state index in [1.54, 1.807) is 18.2 Å². The Bertz CT molecular complexity index is 1010. The molecular weight excluding hydrogens is 401 g/mol. The minimum atomic E-state index is -3.92. The van der Waals surface area contributed by atoms with Gasteiger partial charge in [0.05, 0.1) is 16.5 Å². The number of likely N-dealkylation sites (tertiary alicyclic amines) is 1. The highest BCUT2D eigenvalue weighted by Crippen LogP contribution is 2.53. The van der Waals surface area contributed by atoms with E-state index < -0.39 is 26.4 Å². The molecule has 0 aliphatic carbocycles. The van der Waals surface area contributed by atoms with Crippen molar-refractivity contribution in [1.82, 2.24) is 4.90 Å². The van der Waals surface area contributed by atoms with Crippen molar-refractivity contribution >= 4 is 21.4 Å². The lowest BCUT2D eigenvalue weighted by Crippen LogP contribution is -2.62. The molecule has 1 saturated heterocycles. The van der Waals surface area contributed by atoms with Gasteiger partial charge < -0.3 is 4.74 Å². The molecule has 1 fully saturated rings. The molecule has 28 heavy (non-hydrogen) atoms. The van der Waals surface area contributed by atoms with Crippen molar-refractivity contribution in [2.45, 2.75) is 42.4 Å². The van der Waals surface area contributed by atoms with Crippen molar-refractivity contribution in [2.75, 3.05) is 19.7 Å². The van der Waals surface area contributed by atoms with Gasteiger partial charge in [-0.05, 0) is 68.8 Å². The third kappa shape index (κ3) is 2.69. The number of nitrogens with zero attached hydrogens (tertiary/aromatic N) is 1. The third-order valence-corrected chi connectivity index (χ3v) is 8.88. The number of ether oxygens (including phenoxy) is 1. The van der Waals surface area contributed by atoms with Gasteiger partial charge >= 0.3 is 0 Å². The van der Waals surface area contributed by atoms with E-state index >= 15 is 4.39 Å². The molecule has 2 aliphatic rings. The van der Waals surface area contributed by atoms with Crippen molar-refractivity contribution < 1.29 is 17.5 Å². The summed E-state index contributed by atoms with van der Waals surface area (Å²) in [6, 6.07) is 8.69. The third-order valence-electron chi connectivity index (χ3n) is 6.09. The topological polar surface area (TPSA) is 46.6 Å². The van der Waals surface area contributed by atoms with Gasteiger partial charge in [0.1, 0.15) is 22.9 Å². The molecule has 0 spiro atoms. The Hall–Kier alpha value is -1.63. The van der Waals surface area contributed by atoms with Gasteiger partial charge in [-0.3, -0.25) is 4.90 Å². The summed E-state index contributed by atoms with van der Waals surface area (Å²) in [5.74, 6) is -0.160. The quantitative estimate of drug-likeness (QED) is 0.737. The standard InChI is InChI=1S/C21H23ClFNO3S/c1-3-24-12-4-11-21(28(25,26)16-8-6-15(22)7-9-16)18(24)13-27-20-14(2)5-10-17(23)19(20)21/h5-10,18H,3-4,11-13H2,1-2H3/t18-,21+/m0/s1. The number of hydrogen-bond acceptors (Lipinski definition) is 4. The monoisotopic (exact) mass is 423 g/mol. The van der Waals surface area contributed by atoms with Crippen LogP contribution in [0.3, 0.4) is 0 Å². The molecule has 0 bridgehead atoms. The minimum Gasteiger partial charge on any atom is -0.491 e. The predicted molar refractivity (Wildman–Crippen MR) is 107 cm³/mol. The molecule has 4 rings (SSSR count). The van der Waals surface area contributed by atoms with Crippen LogP contribution in [-0.4, -0.2) is 39.1 Å². The smallest absolute Gasteiger partial charge is 0.190 e. The lowest BCUT2D eigenvalue weighted by Gasteiger charge is -2.52. The first-order chi connectivity index (χ1) is 13.3. The van der Waals surface area contributed by atoms with Crippen LogP contribution in [0.15, 0.2) is 41.3 Å². The van der Waals surface area contributed by atoms with Gasteiger partial charge in [0, 0.05) is 5.02 Å². The van der Waals surface area contributed by atoms with Gasteiger partial charge in [0.2, 0.25) is 0 Å². The van der Waals surface area contributed by atoms with E-state index in [1.165, 1.54) is 18.2 Å². The van der Waals surface area contributed by atoms with Gasteiger partial charge in [0.25, 0.3) is 0 Å². The van der Waals surface area contributed by atoms with Crippen molar-refractivity contribution in [2.24, 2.45) is 0 Å². The van der Waals surface area contributed by atoms with Crippen LogP contribution >= 0.6 is 11.6 Å². The summed E-state index contributed by atoms with van der Waals surface area (Å²) in [5.41, 5.74) is 0.922. The lowest BCUT2D eigenvalue weighted by molar-refractivity contribution is 0.0497. The molecule has 150 valence electrons. The van der Waals surface area contributed by atoms with Crippen molar-refractivity contribution in [1.29, 1.82) is 0 Å². The van der Waals surface area contributed by atoms with Crippen LogP contribution in [0.4, 0.5) is 4.39 Å². The molecule has 2 aromatic carbocycles. The van der Waals surface area contributed by atoms with Crippen LogP contribution in [0.2, 0.25) is 5.02 Å². The number of sulfone groups is 1. The van der Waals surface area contributed by atoms with Gasteiger partial charge in [0.15, 0.2) is 9.84 Å². The SMILES string of the molecule is CCN1CCC[C@]2(S(=O)(=O)c3ccc(Cl)cc3)c3c(F)ccc(C)c3OC[C@H]12. The summed E-state index contributed by atoms with van der Waals surface area (Å²) in [5, 5.41) is 0.459. The number of likely N-dealkylation sites (N-methyl/N-ethyl adjacent to an activating group) is 1. The number of fused-ring (bicyclic) bond motifs is 3. The second-order valence-corrected chi connectivity index (χ2v) is 10.1. The maximum absolute atomic E-state index is 15.2. The molecule has 7 heteroatoms. The molecule has 0 saturated carbocycles. The summed E-state index contributed by atoms with van der Waals surface area (Å²) in [4.78, 5) is 2.26. The first-order valence-electron chi connectivity index (χ1n) is 9.49. The van der Waals surface area contributed by atoms with Crippen LogP contribution in [0.25, 0.3) is 0 Å². The second kappa shape index (κ2) is 7.01. The van der Waals surface area contributed by atoms with Crippen LogP contribution in [0, 0.1) is 12.7 Å². The van der Waals surface area contributed by atoms with Gasteiger partial charge in [-0.2, -0.15) is 0 Å². The number of halogens is 2. The molecular formula is C21H23ClFNO3S. The first kappa shape index (κ1) is 19.7. The fourth-order valence-corrected chi connectivity index (χ4v) is 7.24. The van der Waals surface area contributed by atoms with Crippen LogP contribution < -0.4 is 4.74 Å². The van der Waals surface area contributed by atoms with Crippen molar-refractivity contribution in [3.63, 3.8) is 0 Å². The fourth-order valence-electron chi connectivity index (χ4n) is 4.75. The van der Waals surface area contributed by atoms with E-state index in [-0.39, 0.29) is 17.1 Å². The van der Waals surface area contributed by atoms with E-state index in [0.717, 1.165) is 12.1 Å². The maximum atomic E-state index is 15.2. The molecule has 0 aromatic heterocycles. The number of rotatable bonds is 3. The Kier molecular flexibility index (Phi) is 4.92. The van der Waals surface area contributed by atoms with E-state index in [0.29, 0.717) is 30.2 Å². The molecule has 0 N–H and O–H groups in total. The molecule has 0 unspecified atom stereocenters. The van der Waals surface area contributed by atoms with Gasteiger partial charge in [-0.15, -0.1) is 0 Å². The predicted octanol–water partition coefficient (Wildman–Crippen LogP) is 4.33. The summed E-state index contributed by atoms with van der Waals surface area (Å²) in [6.45, 7) is 5.48. The minimum absolute atomic E-state index is 0.161. The molecule has 0 radical (unpaired) electrons. The van der Waals surface area contributed by atoms with Gasteiger partial charge in [-0.1, -0.05) is 24.6 Å². The zero-order valence-corrected chi connectivity index (χ0v) is 17.5. The summed E-state index contributed by atoms with van der Waals surface area (Å²) in [7, 11) is -3.92. The second-order valence-electron chi connectivity index (χ2n) is 7.47. The summed E-state index contributed by atoms with van der Waals surface area (Å²) >= 11 is 5.97. The Morgan fingerprint density at radius 2 is 1.96 bits per heavy atom. The molecule has 2 aliphatic heterocycles. The Balaban J connectivity index is 2.04. The van der Waals surface area contributed by atoms with Crippen molar-refractivity contribution in [3.05, 3.63) is 58.4 Å². The van der Waals surface area contributed by atoms with Gasteiger partial charge in [-0.25, -0.2) is 12.8 Å². The van der Waals surface area contributed by atoms with E-state index in [9.17, 15) is 8.42 Å². The average Bonchev–Trinajstić information content (AvgIpc) is 2.69. The highest BCUT2D eigenvalue weighted by molar-refractivity contribution is 7.92. The normalized spacial score (nSPS) is 24.9. The summed E-state index contributed by atoms with van der Waals surface area (Å²) in [6.07, 6.45) is 1.03.